The largest absolute Gasteiger partial charge is 0.513 e. The Morgan fingerprint density at radius 2 is 1.55 bits per heavy atom. The third-order valence-electron chi connectivity index (χ3n) is 4.03. The summed E-state index contributed by atoms with van der Waals surface area (Å²) >= 11 is 11.0. The van der Waals surface area contributed by atoms with Crippen LogP contribution in [0.1, 0.15) is 25.3 Å². The topological polar surface area (TPSA) is 126 Å². The number of nitrogens with zero attached hydrogens (tertiary/aromatic N) is 1. The number of ether oxygens (including phenoxy) is 4. The number of non-ortho nitro benzene ring substituents is 1. The van der Waals surface area contributed by atoms with Gasteiger partial charge < -0.3 is 24.3 Å². The van der Waals surface area contributed by atoms with Crippen LogP contribution < -0.4 is 5.32 Å². The summed E-state index contributed by atoms with van der Waals surface area (Å²) in [6.45, 7) is 3.09. The molecule has 0 atom stereocenters. The van der Waals surface area contributed by atoms with Crippen molar-refractivity contribution in [3.05, 3.63) is 62.9 Å². The summed E-state index contributed by atoms with van der Waals surface area (Å²) in [4.78, 5) is 34.9. The molecule has 1 aliphatic heterocycles. The molecule has 0 fully saturated rings. The average Bonchev–Trinajstić information content (AvgIpc) is 2.74. The van der Waals surface area contributed by atoms with E-state index in [4.69, 9.17) is 42.1 Å². The summed E-state index contributed by atoms with van der Waals surface area (Å²) in [5.41, 5.74) is 0.978. The zero-order chi connectivity index (χ0) is 23.0. The zero-order valence-corrected chi connectivity index (χ0v) is 18.2. The SMILES string of the molecule is CC1=C(OC(=O)OCCCl)C(c2cccc([N+](=O)[O-])c2)C(OC(=O)OCCCl)=C(C)N1. The van der Waals surface area contributed by atoms with E-state index in [9.17, 15) is 19.7 Å². The lowest BCUT2D eigenvalue weighted by molar-refractivity contribution is -0.384. The van der Waals surface area contributed by atoms with Gasteiger partial charge in [0.05, 0.1) is 28.1 Å². The molecule has 0 radical (unpaired) electrons. The number of halogens is 2. The van der Waals surface area contributed by atoms with Gasteiger partial charge in [0.2, 0.25) is 0 Å². The molecule has 0 bridgehead atoms. The molecule has 1 aliphatic rings. The van der Waals surface area contributed by atoms with Gasteiger partial charge in [0.1, 0.15) is 30.6 Å². The van der Waals surface area contributed by atoms with Gasteiger partial charge in [0, 0.05) is 12.1 Å². The van der Waals surface area contributed by atoms with Crippen LogP contribution in [-0.4, -0.2) is 42.2 Å². The maximum absolute atomic E-state index is 12.1. The predicted molar refractivity (Wildman–Crippen MR) is 111 cm³/mol. The van der Waals surface area contributed by atoms with Gasteiger partial charge in [-0.1, -0.05) is 12.1 Å². The van der Waals surface area contributed by atoms with Crippen LogP contribution in [0.2, 0.25) is 0 Å². The number of carbonyl (C=O) groups is 2. The number of alkyl halides is 2. The predicted octanol–water partition coefficient (Wildman–Crippen LogP) is 4.53. The monoisotopic (exact) mass is 474 g/mol. The van der Waals surface area contributed by atoms with E-state index >= 15 is 0 Å². The van der Waals surface area contributed by atoms with Gasteiger partial charge in [0.15, 0.2) is 0 Å². The smallest absolute Gasteiger partial charge is 0.433 e. The quantitative estimate of drug-likeness (QED) is 0.250. The van der Waals surface area contributed by atoms with Gasteiger partial charge in [-0.05, 0) is 19.4 Å². The van der Waals surface area contributed by atoms with E-state index in [0.717, 1.165) is 0 Å². The Morgan fingerprint density at radius 3 is 2.00 bits per heavy atom. The fraction of sp³-hybridized carbons (Fsp3) is 0.368. The molecule has 1 N–H and O–H groups in total. The Kier molecular flexibility index (Phi) is 8.95. The number of hydrogen-bond acceptors (Lipinski definition) is 9. The molecular weight excluding hydrogens is 455 g/mol. The summed E-state index contributed by atoms with van der Waals surface area (Å²) in [7, 11) is 0. The molecule has 2 rings (SSSR count). The van der Waals surface area contributed by atoms with Crippen LogP contribution in [0.25, 0.3) is 0 Å². The number of nitrogens with one attached hydrogen (secondary N) is 1. The third kappa shape index (κ3) is 6.50. The van der Waals surface area contributed by atoms with Crippen LogP contribution in [-0.2, 0) is 18.9 Å². The first kappa shape index (κ1) is 24.3. The highest BCUT2D eigenvalue weighted by atomic mass is 35.5. The number of dihydropyridines is 1. The number of benzene rings is 1. The summed E-state index contributed by atoms with van der Waals surface area (Å²) in [5.74, 6) is -0.774. The van der Waals surface area contributed by atoms with Gasteiger partial charge in [-0.25, -0.2) is 9.59 Å². The molecule has 0 unspecified atom stereocenters. The van der Waals surface area contributed by atoms with E-state index in [1.165, 1.54) is 18.2 Å². The molecule has 1 aromatic carbocycles. The summed E-state index contributed by atoms with van der Waals surface area (Å²) in [6, 6.07) is 5.64. The highest BCUT2D eigenvalue weighted by Crippen LogP contribution is 2.40. The molecule has 31 heavy (non-hydrogen) atoms. The van der Waals surface area contributed by atoms with Crippen molar-refractivity contribution in [1.82, 2.24) is 5.32 Å². The Bertz CT molecular complexity index is 872. The highest BCUT2D eigenvalue weighted by Gasteiger charge is 2.36. The minimum Gasteiger partial charge on any atom is -0.433 e. The highest BCUT2D eigenvalue weighted by molar-refractivity contribution is 6.18. The van der Waals surface area contributed by atoms with E-state index in [2.05, 4.69) is 5.32 Å². The van der Waals surface area contributed by atoms with Gasteiger partial charge in [-0.3, -0.25) is 10.1 Å². The van der Waals surface area contributed by atoms with Crippen LogP contribution in [0.15, 0.2) is 47.2 Å². The second-order valence-electron chi connectivity index (χ2n) is 6.17. The van der Waals surface area contributed by atoms with Crippen LogP contribution in [0.3, 0.4) is 0 Å². The Balaban J connectivity index is 2.48. The summed E-state index contributed by atoms with van der Waals surface area (Å²) < 4.78 is 20.4. The minimum atomic E-state index is -1.03. The fourth-order valence-electron chi connectivity index (χ4n) is 2.83. The molecule has 168 valence electrons. The van der Waals surface area contributed by atoms with Crippen molar-refractivity contribution in [3.8, 4) is 0 Å². The molecule has 1 heterocycles. The molecule has 0 saturated carbocycles. The molecule has 10 nitrogen and oxygen atoms in total. The molecule has 0 amide bonds. The van der Waals surface area contributed by atoms with Crippen molar-refractivity contribution >= 4 is 41.2 Å². The van der Waals surface area contributed by atoms with E-state index in [1.54, 1.807) is 19.9 Å². The second-order valence-corrected chi connectivity index (χ2v) is 6.92. The summed E-state index contributed by atoms with van der Waals surface area (Å²) in [5, 5.41) is 14.2. The normalized spacial score (nSPS) is 14.1. The van der Waals surface area contributed by atoms with E-state index in [1.807, 2.05) is 0 Å². The second kappa shape index (κ2) is 11.4. The van der Waals surface area contributed by atoms with Gasteiger partial charge in [-0.2, -0.15) is 0 Å². The molecule has 0 saturated heterocycles. The van der Waals surface area contributed by atoms with Crippen molar-refractivity contribution in [2.24, 2.45) is 0 Å². The minimum absolute atomic E-state index is 0.0332. The first-order chi connectivity index (χ1) is 14.8. The first-order valence-electron chi connectivity index (χ1n) is 9.02. The molecule has 0 aromatic heterocycles. The first-order valence-corrected chi connectivity index (χ1v) is 10.1. The van der Waals surface area contributed by atoms with Crippen LogP contribution in [0.4, 0.5) is 15.3 Å². The van der Waals surface area contributed by atoms with E-state index in [-0.39, 0.29) is 42.2 Å². The van der Waals surface area contributed by atoms with Crippen molar-refractivity contribution < 1.29 is 33.5 Å². The molecule has 1 aromatic rings. The number of hydrogen-bond donors (Lipinski definition) is 1. The number of rotatable bonds is 8. The molecule has 0 aliphatic carbocycles. The van der Waals surface area contributed by atoms with Gasteiger partial charge in [-0.15, -0.1) is 23.2 Å². The Labute approximate surface area is 187 Å². The maximum Gasteiger partial charge on any atom is 0.513 e. The number of nitro benzene ring substituents is 1. The maximum atomic E-state index is 12.1. The standard InChI is InChI=1S/C19H20Cl2N2O8/c1-11-16(30-18(24)28-8-6-20)15(13-4-3-5-14(10-13)23(26)27)17(12(2)22-11)31-19(25)29-9-7-21/h3-5,10,15,22H,6-9H2,1-2H3. The van der Waals surface area contributed by atoms with Crippen molar-refractivity contribution in [2.45, 2.75) is 19.8 Å². The Morgan fingerprint density at radius 1 is 1.03 bits per heavy atom. The zero-order valence-electron chi connectivity index (χ0n) is 16.7. The van der Waals surface area contributed by atoms with Crippen LogP contribution in [0.5, 0.6) is 0 Å². The lowest BCUT2D eigenvalue weighted by Crippen LogP contribution is -2.29. The third-order valence-corrected chi connectivity index (χ3v) is 4.34. The number of allylic oxidation sites excluding steroid dienone is 2. The Hall–Kier alpha value is -2.98. The number of carbonyl (C=O) groups excluding carboxylic acids is 2. The number of nitro groups is 1. The van der Waals surface area contributed by atoms with Crippen LogP contribution >= 0.6 is 23.2 Å². The lowest BCUT2D eigenvalue weighted by Gasteiger charge is -2.30. The molecular formula is C19H20Cl2N2O8. The molecule has 0 spiro atoms. The molecule has 12 heteroatoms. The average molecular weight is 475 g/mol. The van der Waals surface area contributed by atoms with Crippen molar-refractivity contribution in [1.29, 1.82) is 0 Å². The fourth-order valence-corrected chi connectivity index (χ4v) is 2.98. The van der Waals surface area contributed by atoms with Gasteiger partial charge >= 0.3 is 12.3 Å². The lowest BCUT2D eigenvalue weighted by atomic mass is 9.90. The van der Waals surface area contributed by atoms with Crippen LogP contribution in [0, 0.1) is 10.1 Å². The van der Waals surface area contributed by atoms with E-state index < -0.39 is 23.2 Å². The van der Waals surface area contributed by atoms with Crippen molar-refractivity contribution in [3.63, 3.8) is 0 Å². The van der Waals surface area contributed by atoms with Crippen molar-refractivity contribution in [2.75, 3.05) is 25.0 Å². The summed E-state index contributed by atoms with van der Waals surface area (Å²) in [6.07, 6.45) is -2.06. The van der Waals surface area contributed by atoms with E-state index in [0.29, 0.717) is 17.0 Å². The van der Waals surface area contributed by atoms with Gasteiger partial charge in [0.25, 0.3) is 5.69 Å².